The second-order valence-electron chi connectivity index (χ2n) is 8.06. The highest BCUT2D eigenvalue weighted by Gasteiger charge is 2.51. The molecule has 0 amide bonds. The summed E-state index contributed by atoms with van der Waals surface area (Å²) in [5.41, 5.74) is 0. The van der Waals surface area contributed by atoms with E-state index < -0.39 is 0 Å². The van der Waals surface area contributed by atoms with Gasteiger partial charge in [-0.1, -0.05) is 18.9 Å². The Morgan fingerprint density at radius 3 is 2.93 bits per heavy atom. The fourth-order valence-electron chi connectivity index (χ4n) is 4.07. The monoisotopic (exact) mass is 404 g/mol. The first-order valence-electron chi connectivity index (χ1n) is 10.1. The van der Waals surface area contributed by atoms with Crippen LogP contribution in [-0.4, -0.2) is 65.0 Å². The Kier molecular flexibility index (Phi) is 4.98. The summed E-state index contributed by atoms with van der Waals surface area (Å²) in [6, 6.07) is 5.85. The van der Waals surface area contributed by atoms with Crippen molar-refractivity contribution in [1.29, 1.82) is 0 Å². The van der Waals surface area contributed by atoms with Crippen LogP contribution in [0.5, 0.6) is 23.3 Å². The predicted molar refractivity (Wildman–Crippen MR) is 99.0 cm³/mol. The first-order valence-corrected chi connectivity index (χ1v) is 10.1. The summed E-state index contributed by atoms with van der Waals surface area (Å²) >= 11 is 0. The molecule has 10 heteroatoms. The number of aromatic nitrogens is 4. The summed E-state index contributed by atoms with van der Waals surface area (Å²) in [4.78, 5) is 0. The van der Waals surface area contributed by atoms with E-state index in [-0.39, 0.29) is 25.0 Å². The molecule has 0 saturated carbocycles. The van der Waals surface area contributed by atoms with Crippen molar-refractivity contribution in [2.24, 2.45) is 5.92 Å². The van der Waals surface area contributed by atoms with Crippen molar-refractivity contribution in [2.75, 3.05) is 26.6 Å². The molecule has 29 heavy (non-hydrogen) atoms. The lowest BCUT2D eigenvalue weighted by Crippen LogP contribution is -2.93. The standard InChI is InChI=1S/C19H25N5O5/c1-11(2)5-6-20-13-8-25-18-14(9-26-17(13)18)24-19(21-22-23-24)29-12-3-4-15-16(7-12)28-10-27-15/h3-4,7,11,13-14,17-18,20H,5-6,8-10H2,1-2H3/p+1/t13-,14-,17+,18+/m0/s1. The Hall–Kier alpha value is -2.43. The van der Waals surface area contributed by atoms with E-state index in [4.69, 9.17) is 23.7 Å². The lowest BCUT2D eigenvalue weighted by molar-refractivity contribution is -0.693. The minimum atomic E-state index is -0.123. The van der Waals surface area contributed by atoms with Crippen LogP contribution in [-0.2, 0) is 9.47 Å². The molecule has 10 nitrogen and oxygen atoms in total. The van der Waals surface area contributed by atoms with Crippen molar-refractivity contribution in [3.8, 4) is 23.3 Å². The average molecular weight is 404 g/mol. The number of fused-ring (bicyclic) bond motifs is 2. The Morgan fingerprint density at radius 2 is 2.03 bits per heavy atom. The number of ether oxygens (including phenoxy) is 5. The summed E-state index contributed by atoms with van der Waals surface area (Å²) in [5.74, 6) is 2.61. The fraction of sp³-hybridized carbons (Fsp3) is 0.632. The molecule has 0 aliphatic carbocycles. The Morgan fingerprint density at radius 1 is 1.17 bits per heavy atom. The zero-order valence-corrected chi connectivity index (χ0v) is 16.6. The lowest BCUT2D eigenvalue weighted by Gasteiger charge is -2.17. The molecule has 4 heterocycles. The third kappa shape index (κ3) is 3.63. The van der Waals surface area contributed by atoms with Crippen molar-refractivity contribution >= 4 is 0 Å². The largest absolute Gasteiger partial charge is 0.454 e. The molecule has 3 aliphatic rings. The number of hydrogen-bond acceptors (Lipinski definition) is 8. The van der Waals surface area contributed by atoms with Crippen LogP contribution >= 0.6 is 0 Å². The number of tetrazole rings is 1. The van der Waals surface area contributed by atoms with Gasteiger partial charge in [-0.2, -0.15) is 4.68 Å². The van der Waals surface area contributed by atoms with E-state index in [9.17, 15) is 0 Å². The van der Waals surface area contributed by atoms with Crippen LogP contribution in [0.2, 0.25) is 0 Å². The van der Waals surface area contributed by atoms with Gasteiger partial charge in [-0.05, 0) is 34.9 Å². The maximum atomic E-state index is 6.08. The van der Waals surface area contributed by atoms with E-state index in [0.29, 0.717) is 48.4 Å². The van der Waals surface area contributed by atoms with Crippen molar-refractivity contribution in [3.05, 3.63) is 18.2 Å². The number of nitrogens with zero attached hydrogens (tertiary/aromatic N) is 4. The molecule has 3 aliphatic heterocycles. The maximum absolute atomic E-state index is 6.08. The summed E-state index contributed by atoms with van der Waals surface area (Å²) in [6.07, 6.45) is 1.13. The quantitative estimate of drug-likeness (QED) is 0.712. The third-order valence-electron chi connectivity index (χ3n) is 5.61. The van der Waals surface area contributed by atoms with Gasteiger partial charge in [0.15, 0.2) is 11.5 Å². The molecule has 1 aromatic heterocycles. The number of nitrogens with two attached hydrogens (primary N) is 1. The molecule has 2 fully saturated rings. The van der Waals surface area contributed by atoms with Gasteiger partial charge in [0.1, 0.15) is 36.6 Å². The van der Waals surface area contributed by atoms with E-state index in [1.807, 2.05) is 0 Å². The second kappa shape index (κ2) is 7.77. The zero-order chi connectivity index (χ0) is 19.8. The molecule has 0 unspecified atom stereocenters. The molecule has 2 N–H and O–H groups in total. The number of rotatable bonds is 7. The highest BCUT2D eigenvalue weighted by atomic mass is 16.7. The van der Waals surface area contributed by atoms with Gasteiger partial charge in [-0.3, -0.25) is 0 Å². The average Bonchev–Trinajstić information content (AvgIpc) is 3.46. The van der Waals surface area contributed by atoms with Gasteiger partial charge in [0.25, 0.3) is 0 Å². The van der Waals surface area contributed by atoms with Gasteiger partial charge in [0.2, 0.25) is 6.79 Å². The lowest BCUT2D eigenvalue weighted by atomic mass is 10.1. The van der Waals surface area contributed by atoms with Gasteiger partial charge in [-0.25, -0.2) is 0 Å². The molecular formula is C19H26N5O5+. The predicted octanol–water partition coefficient (Wildman–Crippen LogP) is 0.511. The van der Waals surface area contributed by atoms with Gasteiger partial charge >= 0.3 is 6.01 Å². The van der Waals surface area contributed by atoms with Crippen molar-refractivity contribution in [3.63, 3.8) is 0 Å². The second-order valence-corrected chi connectivity index (χ2v) is 8.06. The van der Waals surface area contributed by atoms with Gasteiger partial charge < -0.3 is 29.0 Å². The van der Waals surface area contributed by atoms with Crippen LogP contribution in [0, 0.1) is 5.92 Å². The minimum absolute atomic E-state index is 0.0368. The third-order valence-corrected chi connectivity index (χ3v) is 5.61. The van der Waals surface area contributed by atoms with Crippen LogP contribution in [0.4, 0.5) is 0 Å². The van der Waals surface area contributed by atoms with E-state index in [1.54, 1.807) is 22.9 Å². The van der Waals surface area contributed by atoms with Crippen LogP contribution in [0.25, 0.3) is 0 Å². The van der Waals surface area contributed by atoms with Crippen molar-refractivity contribution < 1.29 is 29.0 Å². The molecule has 4 atom stereocenters. The molecule has 0 bridgehead atoms. The number of hydrogen-bond donors (Lipinski definition) is 1. The highest BCUT2D eigenvalue weighted by molar-refractivity contribution is 5.47. The van der Waals surface area contributed by atoms with E-state index in [0.717, 1.165) is 6.54 Å². The van der Waals surface area contributed by atoms with Crippen LogP contribution in [0.1, 0.15) is 26.3 Å². The molecule has 2 saturated heterocycles. The molecule has 1 aromatic carbocycles. The molecule has 0 radical (unpaired) electrons. The molecule has 2 aromatic rings. The fourth-order valence-corrected chi connectivity index (χ4v) is 4.07. The highest BCUT2D eigenvalue weighted by Crippen LogP contribution is 2.38. The first kappa shape index (κ1) is 18.6. The topological polar surface area (TPSA) is 106 Å². The zero-order valence-electron chi connectivity index (χ0n) is 16.6. The Balaban J connectivity index is 1.27. The summed E-state index contributed by atoms with van der Waals surface area (Å²) in [5, 5.41) is 14.3. The molecule has 5 rings (SSSR count). The SMILES string of the molecule is CC(C)CC[NH2+][C@H]1CO[C@H]2[C@@H]1OC[C@@H]2n1nnnc1Oc1ccc2c(c1)OCO2. The maximum Gasteiger partial charge on any atom is 0.341 e. The van der Waals surface area contributed by atoms with Crippen LogP contribution in [0.15, 0.2) is 18.2 Å². The van der Waals surface area contributed by atoms with E-state index in [2.05, 4.69) is 34.7 Å². The molecular weight excluding hydrogens is 378 g/mol. The van der Waals surface area contributed by atoms with Crippen LogP contribution in [0.3, 0.4) is 0 Å². The summed E-state index contributed by atoms with van der Waals surface area (Å²) < 4.78 is 30.5. The Labute approximate surface area is 168 Å². The summed E-state index contributed by atoms with van der Waals surface area (Å²) in [7, 11) is 0. The number of benzene rings is 1. The smallest absolute Gasteiger partial charge is 0.341 e. The normalized spacial score (nSPS) is 27.6. The van der Waals surface area contributed by atoms with Gasteiger partial charge in [0, 0.05) is 6.07 Å². The van der Waals surface area contributed by atoms with Crippen molar-refractivity contribution in [1.82, 2.24) is 20.2 Å². The van der Waals surface area contributed by atoms with E-state index >= 15 is 0 Å². The van der Waals surface area contributed by atoms with Crippen LogP contribution < -0.4 is 19.5 Å². The van der Waals surface area contributed by atoms with Gasteiger partial charge in [0.05, 0.1) is 13.2 Å². The number of quaternary nitrogens is 1. The summed E-state index contributed by atoms with van der Waals surface area (Å²) in [6.45, 7) is 6.93. The van der Waals surface area contributed by atoms with Gasteiger partial charge in [-0.15, -0.1) is 0 Å². The molecule has 0 spiro atoms. The van der Waals surface area contributed by atoms with Crippen molar-refractivity contribution in [2.45, 2.75) is 44.6 Å². The first-order chi connectivity index (χ1) is 14.2. The minimum Gasteiger partial charge on any atom is -0.454 e. The Bertz CT molecular complexity index is 859. The molecule has 156 valence electrons. The van der Waals surface area contributed by atoms with E-state index in [1.165, 1.54) is 6.42 Å².